The molecule has 1 aromatic carbocycles. The molecule has 6 nitrogen and oxygen atoms in total. The zero-order chi connectivity index (χ0) is 19.2. The Labute approximate surface area is 187 Å². The highest BCUT2D eigenvalue weighted by Crippen LogP contribution is 2.22. The number of aliphatic imine (C=N–C) groups is 1. The molecule has 0 saturated heterocycles. The molecule has 1 heterocycles. The van der Waals surface area contributed by atoms with E-state index in [9.17, 15) is 0 Å². The van der Waals surface area contributed by atoms with Crippen molar-refractivity contribution in [2.24, 2.45) is 4.99 Å². The van der Waals surface area contributed by atoms with Gasteiger partial charge in [-0.2, -0.15) is 4.98 Å². The Morgan fingerprint density at radius 2 is 1.96 bits per heavy atom. The summed E-state index contributed by atoms with van der Waals surface area (Å²) in [5, 5.41) is 11.8. The van der Waals surface area contributed by atoms with Crippen LogP contribution in [-0.4, -0.2) is 29.7 Å². The summed E-state index contributed by atoms with van der Waals surface area (Å²) in [7, 11) is 1.72. The lowest BCUT2D eigenvalue weighted by molar-refractivity contribution is 0.318. The highest BCUT2D eigenvalue weighted by molar-refractivity contribution is 14.0. The minimum atomic E-state index is -0.159. The summed E-state index contributed by atoms with van der Waals surface area (Å²) < 4.78 is 5.28. The number of hydrogen-bond acceptors (Lipinski definition) is 4. The van der Waals surface area contributed by atoms with E-state index in [1.54, 1.807) is 13.1 Å². The zero-order valence-electron chi connectivity index (χ0n) is 16.0. The van der Waals surface area contributed by atoms with Crippen molar-refractivity contribution >= 4 is 53.1 Å². The molecule has 1 aromatic heterocycles. The van der Waals surface area contributed by atoms with Crippen LogP contribution in [0.3, 0.4) is 0 Å². The topological polar surface area (TPSA) is 75.3 Å². The van der Waals surface area contributed by atoms with Crippen molar-refractivity contribution in [3.63, 3.8) is 0 Å². The fourth-order valence-corrected chi connectivity index (χ4v) is 2.73. The monoisotopic (exact) mass is 525 g/mol. The van der Waals surface area contributed by atoms with Crippen molar-refractivity contribution in [3.8, 4) is 0 Å². The van der Waals surface area contributed by atoms with Crippen LogP contribution in [-0.2, 0) is 18.4 Å². The number of halogens is 3. The maximum absolute atomic E-state index is 6.19. The Balaban J connectivity index is 0.00000364. The number of nitrogens with zero attached hydrogens (tertiary/aromatic N) is 3. The van der Waals surface area contributed by atoms with Gasteiger partial charge in [-0.1, -0.05) is 55.2 Å². The lowest BCUT2D eigenvalue weighted by atomic mass is 9.97. The summed E-state index contributed by atoms with van der Waals surface area (Å²) >= 11 is 12.1. The van der Waals surface area contributed by atoms with Crippen molar-refractivity contribution in [2.75, 3.05) is 13.6 Å². The Kier molecular flexibility index (Phi) is 9.83. The van der Waals surface area contributed by atoms with E-state index in [2.05, 4.69) is 25.8 Å². The second-order valence-electron chi connectivity index (χ2n) is 6.96. The summed E-state index contributed by atoms with van der Waals surface area (Å²) in [6.07, 6.45) is 1.78. The van der Waals surface area contributed by atoms with Gasteiger partial charge in [0.15, 0.2) is 11.8 Å². The molecule has 0 radical (unpaired) electrons. The molecule has 27 heavy (non-hydrogen) atoms. The van der Waals surface area contributed by atoms with Crippen LogP contribution in [0.2, 0.25) is 10.0 Å². The molecule has 2 N–H and O–H groups in total. The number of guanidine groups is 1. The standard InChI is InChI=1S/C18H25Cl2N5O.HI/c1-18(2,3)16-24-15(25-26-16)11-23-17(21-4)22-9-5-6-12-7-8-13(19)10-14(12)20;/h7-8,10H,5-6,9,11H2,1-4H3,(H2,21,22,23);1H. The molecule has 0 aliphatic rings. The fourth-order valence-electron chi connectivity index (χ4n) is 2.22. The average Bonchev–Trinajstić information content (AvgIpc) is 3.05. The van der Waals surface area contributed by atoms with E-state index in [-0.39, 0.29) is 29.4 Å². The van der Waals surface area contributed by atoms with Gasteiger partial charge >= 0.3 is 0 Å². The van der Waals surface area contributed by atoms with Gasteiger partial charge in [0, 0.05) is 29.1 Å². The van der Waals surface area contributed by atoms with E-state index in [0.717, 1.165) is 24.9 Å². The van der Waals surface area contributed by atoms with Crippen LogP contribution in [0.25, 0.3) is 0 Å². The first kappa shape index (κ1) is 24.0. The van der Waals surface area contributed by atoms with Gasteiger partial charge in [0.25, 0.3) is 0 Å². The lowest BCUT2D eigenvalue weighted by Gasteiger charge is -2.11. The van der Waals surface area contributed by atoms with Gasteiger partial charge < -0.3 is 15.2 Å². The first-order valence-electron chi connectivity index (χ1n) is 8.51. The molecule has 0 saturated carbocycles. The van der Waals surface area contributed by atoms with Crippen molar-refractivity contribution in [1.29, 1.82) is 0 Å². The summed E-state index contributed by atoms with van der Waals surface area (Å²) in [5.41, 5.74) is 0.927. The Bertz CT molecular complexity index is 758. The quantitative estimate of drug-likeness (QED) is 0.250. The highest BCUT2D eigenvalue weighted by Gasteiger charge is 2.21. The zero-order valence-corrected chi connectivity index (χ0v) is 19.8. The number of benzene rings is 1. The van der Waals surface area contributed by atoms with E-state index in [4.69, 9.17) is 27.7 Å². The molecule has 2 rings (SSSR count). The van der Waals surface area contributed by atoms with Crippen LogP contribution in [0.4, 0.5) is 0 Å². The second-order valence-corrected chi connectivity index (χ2v) is 7.80. The third-order valence-corrected chi connectivity index (χ3v) is 4.26. The fraction of sp³-hybridized carbons (Fsp3) is 0.500. The van der Waals surface area contributed by atoms with Crippen molar-refractivity contribution in [2.45, 2.75) is 45.6 Å². The molecule has 2 aromatic rings. The molecule has 150 valence electrons. The van der Waals surface area contributed by atoms with Crippen molar-refractivity contribution in [3.05, 3.63) is 45.5 Å². The molecule has 9 heteroatoms. The third-order valence-electron chi connectivity index (χ3n) is 3.68. The molecule has 0 atom stereocenters. The second kappa shape index (κ2) is 11.1. The lowest BCUT2D eigenvalue weighted by Crippen LogP contribution is -2.37. The first-order chi connectivity index (χ1) is 12.3. The van der Waals surface area contributed by atoms with Gasteiger partial charge in [0.2, 0.25) is 5.89 Å². The van der Waals surface area contributed by atoms with Crippen LogP contribution in [0.5, 0.6) is 0 Å². The maximum atomic E-state index is 6.19. The molecule has 0 aliphatic heterocycles. The number of aromatic nitrogens is 2. The minimum absolute atomic E-state index is 0. The van der Waals surface area contributed by atoms with Gasteiger partial charge in [-0.05, 0) is 30.5 Å². The van der Waals surface area contributed by atoms with Gasteiger partial charge in [0.05, 0.1) is 6.54 Å². The molecule has 0 bridgehead atoms. The highest BCUT2D eigenvalue weighted by atomic mass is 127. The van der Waals surface area contributed by atoms with Crippen LogP contribution >= 0.6 is 47.2 Å². The van der Waals surface area contributed by atoms with Gasteiger partial charge in [0.1, 0.15) is 0 Å². The number of hydrogen-bond donors (Lipinski definition) is 2. The first-order valence-corrected chi connectivity index (χ1v) is 9.26. The smallest absolute Gasteiger partial charge is 0.232 e. The Morgan fingerprint density at radius 1 is 1.22 bits per heavy atom. The van der Waals surface area contributed by atoms with Crippen LogP contribution in [0.1, 0.15) is 44.5 Å². The van der Waals surface area contributed by atoms with Crippen molar-refractivity contribution in [1.82, 2.24) is 20.8 Å². The summed E-state index contributed by atoms with van der Waals surface area (Å²) in [5.74, 6) is 1.91. The van der Waals surface area contributed by atoms with Gasteiger partial charge in [-0.15, -0.1) is 24.0 Å². The molecular weight excluding hydrogens is 500 g/mol. The summed E-state index contributed by atoms with van der Waals surface area (Å²) in [6, 6.07) is 5.58. The summed E-state index contributed by atoms with van der Waals surface area (Å²) in [4.78, 5) is 8.59. The van der Waals surface area contributed by atoms with Crippen LogP contribution < -0.4 is 10.6 Å². The van der Waals surface area contributed by atoms with E-state index in [1.165, 1.54) is 0 Å². The molecule has 0 aliphatic carbocycles. The number of aryl methyl sites for hydroxylation is 1. The molecule has 0 amide bonds. The van der Waals surface area contributed by atoms with Crippen molar-refractivity contribution < 1.29 is 4.52 Å². The van der Waals surface area contributed by atoms with Gasteiger partial charge in [-0.25, -0.2) is 0 Å². The van der Waals surface area contributed by atoms with Gasteiger partial charge in [-0.3, -0.25) is 4.99 Å². The maximum Gasteiger partial charge on any atom is 0.232 e. The van der Waals surface area contributed by atoms with E-state index < -0.39 is 0 Å². The number of rotatable bonds is 6. The van der Waals surface area contributed by atoms with E-state index in [1.807, 2.05) is 32.9 Å². The largest absolute Gasteiger partial charge is 0.356 e. The predicted molar refractivity (Wildman–Crippen MR) is 121 cm³/mol. The third kappa shape index (κ3) is 7.83. The van der Waals surface area contributed by atoms with Crippen LogP contribution in [0.15, 0.2) is 27.7 Å². The average molecular weight is 526 g/mol. The SMILES string of the molecule is CN=C(NCCCc1ccc(Cl)cc1Cl)NCc1noc(C(C)(C)C)n1.I. The molecule has 0 spiro atoms. The Morgan fingerprint density at radius 3 is 2.56 bits per heavy atom. The molecule has 0 fully saturated rings. The summed E-state index contributed by atoms with van der Waals surface area (Å²) in [6.45, 7) is 7.31. The molecular formula is C18H26Cl2IN5O. The number of nitrogens with one attached hydrogen (secondary N) is 2. The predicted octanol–water partition coefficient (Wildman–Crippen LogP) is 4.59. The Hall–Kier alpha value is -1.06. The normalized spacial score (nSPS) is 11.9. The van der Waals surface area contributed by atoms with Crippen LogP contribution in [0, 0.1) is 0 Å². The van der Waals surface area contributed by atoms with E-state index >= 15 is 0 Å². The van der Waals surface area contributed by atoms with E-state index in [0.29, 0.717) is 34.3 Å². The molecule has 0 unspecified atom stereocenters. The minimum Gasteiger partial charge on any atom is -0.356 e.